The van der Waals surface area contributed by atoms with Gasteiger partial charge in [-0.15, -0.1) is 24.0 Å². The number of rotatable bonds is 13. The molecule has 0 spiro atoms. The van der Waals surface area contributed by atoms with Gasteiger partial charge in [0.1, 0.15) is 6.04 Å². The smallest absolute Gasteiger partial charge is 0.320 e. The van der Waals surface area contributed by atoms with Crippen molar-refractivity contribution in [3.8, 4) is 0 Å². The number of hydrogen-bond donors (Lipinski definition) is 1. The lowest BCUT2D eigenvalue weighted by molar-refractivity contribution is -0.142. The molecule has 0 saturated heterocycles. The van der Waals surface area contributed by atoms with Crippen LogP contribution < -0.4 is 0 Å². The fourth-order valence-corrected chi connectivity index (χ4v) is 2.43. The van der Waals surface area contributed by atoms with Crippen LogP contribution in [-0.2, 0) is 4.79 Å². The summed E-state index contributed by atoms with van der Waals surface area (Å²) in [5.74, 6) is -0.694. The molecule has 0 aromatic rings. The lowest BCUT2D eigenvalue weighted by atomic mass is 10.0. The molecule has 0 heterocycles. The maximum atomic E-state index is 11.0. The molecule has 4 heteroatoms. The predicted molar refractivity (Wildman–Crippen MR) is 97.0 cm³/mol. The molecule has 1 atom stereocenters. The minimum Gasteiger partial charge on any atom is -0.480 e. The van der Waals surface area contributed by atoms with Crippen LogP contribution in [0.1, 0.15) is 77.6 Å². The van der Waals surface area contributed by atoms with Gasteiger partial charge >= 0.3 is 5.97 Å². The molecule has 1 N–H and O–H groups in total. The number of unbranched alkanes of at least 4 members (excludes halogenated alkanes) is 9. The fraction of sp³-hybridized carbons (Fsp3) is 0.938. The van der Waals surface area contributed by atoms with E-state index in [1.54, 1.807) is 4.90 Å². The Morgan fingerprint density at radius 2 is 1.30 bits per heavy atom. The highest BCUT2D eigenvalue weighted by molar-refractivity contribution is 14.0. The summed E-state index contributed by atoms with van der Waals surface area (Å²) in [6.45, 7) is 2.25. The molecule has 0 fully saturated rings. The summed E-state index contributed by atoms with van der Waals surface area (Å²) in [5, 5.41) is 9.05. The van der Waals surface area contributed by atoms with Crippen LogP contribution in [0.3, 0.4) is 0 Å². The summed E-state index contributed by atoms with van der Waals surface area (Å²) in [6, 6.07) is -0.311. The van der Waals surface area contributed by atoms with Gasteiger partial charge in [-0.3, -0.25) is 9.69 Å². The zero-order valence-electron chi connectivity index (χ0n) is 13.6. The molecule has 0 unspecified atom stereocenters. The number of carboxylic acid groups (broad SMARTS) is 1. The number of hydrogen-bond acceptors (Lipinski definition) is 2. The Morgan fingerprint density at radius 1 is 0.900 bits per heavy atom. The van der Waals surface area contributed by atoms with Crippen LogP contribution in [0.25, 0.3) is 0 Å². The molecule has 3 nitrogen and oxygen atoms in total. The minimum absolute atomic E-state index is 0. The lowest BCUT2D eigenvalue weighted by Gasteiger charge is -2.19. The summed E-state index contributed by atoms with van der Waals surface area (Å²) in [4.78, 5) is 12.8. The lowest BCUT2D eigenvalue weighted by Crippen LogP contribution is -2.35. The number of halogens is 1. The van der Waals surface area contributed by atoms with Gasteiger partial charge < -0.3 is 5.11 Å². The number of likely N-dealkylation sites (N-methyl/N-ethyl adjacent to an activating group) is 1. The summed E-state index contributed by atoms with van der Waals surface area (Å²) in [6.07, 6.45) is 13.7. The molecule has 0 aromatic heterocycles. The molecule has 0 aliphatic heterocycles. The third kappa shape index (κ3) is 13.2. The SMILES string of the molecule is CCCCCCCCCCCC[C@@H](C(=O)O)N(C)C.I. The van der Waals surface area contributed by atoms with Crippen molar-refractivity contribution >= 4 is 29.9 Å². The third-order valence-corrected chi connectivity index (χ3v) is 3.74. The number of nitrogens with zero attached hydrogens (tertiary/aromatic N) is 1. The maximum Gasteiger partial charge on any atom is 0.320 e. The Morgan fingerprint density at radius 3 is 1.65 bits per heavy atom. The zero-order valence-corrected chi connectivity index (χ0v) is 15.9. The van der Waals surface area contributed by atoms with Gasteiger partial charge in [-0.2, -0.15) is 0 Å². The molecule has 20 heavy (non-hydrogen) atoms. The molecule has 0 aliphatic carbocycles. The van der Waals surface area contributed by atoms with Crippen molar-refractivity contribution < 1.29 is 9.90 Å². The molecule has 0 radical (unpaired) electrons. The molecule has 0 amide bonds. The normalized spacial score (nSPS) is 12.2. The largest absolute Gasteiger partial charge is 0.480 e. The fourth-order valence-electron chi connectivity index (χ4n) is 2.43. The van der Waals surface area contributed by atoms with E-state index < -0.39 is 5.97 Å². The van der Waals surface area contributed by atoms with E-state index >= 15 is 0 Å². The van der Waals surface area contributed by atoms with E-state index in [1.165, 1.54) is 57.8 Å². The first-order chi connectivity index (χ1) is 9.09. The van der Waals surface area contributed by atoms with Crippen LogP contribution in [-0.4, -0.2) is 36.1 Å². The van der Waals surface area contributed by atoms with Gasteiger partial charge in [-0.05, 0) is 20.5 Å². The minimum atomic E-state index is -0.694. The summed E-state index contributed by atoms with van der Waals surface area (Å²) in [5.41, 5.74) is 0. The van der Waals surface area contributed by atoms with Gasteiger partial charge in [0, 0.05) is 0 Å². The van der Waals surface area contributed by atoms with Gasteiger partial charge in [0.2, 0.25) is 0 Å². The van der Waals surface area contributed by atoms with Crippen molar-refractivity contribution in [2.45, 2.75) is 83.6 Å². The monoisotopic (exact) mass is 399 g/mol. The second-order valence-electron chi connectivity index (χ2n) is 5.79. The van der Waals surface area contributed by atoms with Crippen molar-refractivity contribution in [1.29, 1.82) is 0 Å². The molecule has 0 saturated carbocycles. The van der Waals surface area contributed by atoms with Crippen LogP contribution in [0, 0.1) is 0 Å². The highest BCUT2D eigenvalue weighted by atomic mass is 127. The van der Waals surface area contributed by atoms with Crippen LogP contribution in [0.5, 0.6) is 0 Å². The summed E-state index contributed by atoms with van der Waals surface area (Å²) >= 11 is 0. The zero-order chi connectivity index (χ0) is 14.5. The van der Waals surface area contributed by atoms with Gasteiger partial charge in [0.25, 0.3) is 0 Å². The predicted octanol–water partition coefficient (Wildman–Crippen LogP) is 4.93. The second-order valence-corrected chi connectivity index (χ2v) is 5.79. The van der Waals surface area contributed by atoms with Crippen molar-refractivity contribution in [1.82, 2.24) is 4.90 Å². The van der Waals surface area contributed by atoms with Crippen molar-refractivity contribution in [3.63, 3.8) is 0 Å². The van der Waals surface area contributed by atoms with Gasteiger partial charge in [0.05, 0.1) is 0 Å². The molecule has 0 aliphatic rings. The topological polar surface area (TPSA) is 40.5 Å². The first-order valence-electron chi connectivity index (χ1n) is 7.98. The first-order valence-corrected chi connectivity index (χ1v) is 7.98. The molecule has 0 bridgehead atoms. The maximum absolute atomic E-state index is 11.0. The Kier molecular flexibility index (Phi) is 17.4. The summed E-state index contributed by atoms with van der Waals surface area (Å²) in [7, 11) is 3.68. The molecule has 122 valence electrons. The number of carboxylic acids is 1. The molecular weight excluding hydrogens is 365 g/mol. The average molecular weight is 399 g/mol. The summed E-state index contributed by atoms with van der Waals surface area (Å²) < 4.78 is 0. The molecule has 0 rings (SSSR count). The van der Waals surface area contributed by atoms with Crippen molar-refractivity contribution in [2.75, 3.05) is 14.1 Å². The highest BCUT2D eigenvalue weighted by Crippen LogP contribution is 2.13. The van der Waals surface area contributed by atoms with Gasteiger partial charge in [-0.1, -0.05) is 71.1 Å². The van der Waals surface area contributed by atoms with E-state index in [0.29, 0.717) is 0 Å². The van der Waals surface area contributed by atoms with E-state index in [9.17, 15) is 4.79 Å². The van der Waals surface area contributed by atoms with E-state index in [0.717, 1.165) is 12.8 Å². The molecule has 0 aromatic carbocycles. The van der Waals surface area contributed by atoms with Gasteiger partial charge in [0.15, 0.2) is 0 Å². The Balaban J connectivity index is 0. The van der Waals surface area contributed by atoms with E-state index in [1.807, 2.05) is 14.1 Å². The first kappa shape index (κ1) is 22.4. The Labute approximate surface area is 142 Å². The number of aliphatic carboxylic acids is 1. The Bertz CT molecular complexity index is 223. The van der Waals surface area contributed by atoms with Crippen LogP contribution in [0.15, 0.2) is 0 Å². The van der Waals surface area contributed by atoms with E-state index in [-0.39, 0.29) is 30.0 Å². The van der Waals surface area contributed by atoms with Crippen molar-refractivity contribution in [2.24, 2.45) is 0 Å². The standard InChI is InChI=1S/C16H33NO2.HI/c1-4-5-6-7-8-9-10-11-12-13-14-15(16(18)19)17(2)3;/h15H,4-14H2,1-3H3,(H,18,19);1H/t15-;/m0./s1. The average Bonchev–Trinajstić information content (AvgIpc) is 2.35. The quantitative estimate of drug-likeness (QED) is 0.353. The van der Waals surface area contributed by atoms with Crippen LogP contribution in [0.4, 0.5) is 0 Å². The Hall–Kier alpha value is 0.160. The molecular formula is C16H34INO2. The van der Waals surface area contributed by atoms with E-state index in [2.05, 4.69) is 6.92 Å². The van der Waals surface area contributed by atoms with Gasteiger partial charge in [-0.25, -0.2) is 0 Å². The van der Waals surface area contributed by atoms with Crippen molar-refractivity contribution in [3.05, 3.63) is 0 Å². The van der Waals surface area contributed by atoms with E-state index in [4.69, 9.17) is 5.11 Å². The van der Waals surface area contributed by atoms with Crippen LogP contribution in [0.2, 0.25) is 0 Å². The number of carbonyl (C=O) groups is 1. The van der Waals surface area contributed by atoms with Crippen LogP contribution >= 0.6 is 24.0 Å². The second kappa shape index (κ2) is 15.5. The highest BCUT2D eigenvalue weighted by Gasteiger charge is 2.18. The third-order valence-electron chi connectivity index (χ3n) is 3.74.